The van der Waals surface area contributed by atoms with Crippen molar-refractivity contribution in [1.82, 2.24) is 5.32 Å². The number of anilines is 1. The van der Waals surface area contributed by atoms with Crippen LogP contribution >= 0.6 is 0 Å². The molecule has 0 aliphatic carbocycles. The van der Waals surface area contributed by atoms with Crippen molar-refractivity contribution in [2.45, 2.75) is 18.9 Å². The average molecular weight is 234 g/mol. The van der Waals surface area contributed by atoms with Crippen molar-refractivity contribution in [2.75, 3.05) is 25.5 Å². The highest BCUT2D eigenvalue weighted by molar-refractivity contribution is 5.75. The van der Waals surface area contributed by atoms with Gasteiger partial charge in [-0.25, -0.2) is 0 Å². The largest absolute Gasteiger partial charge is 0.382 e. The van der Waals surface area contributed by atoms with Gasteiger partial charge in [0.2, 0.25) is 5.91 Å². The molecule has 0 bridgehead atoms. The summed E-state index contributed by atoms with van der Waals surface area (Å²) in [7, 11) is 1.64. The molecule has 1 aromatic carbocycles. The predicted molar refractivity (Wildman–Crippen MR) is 67.1 cm³/mol. The van der Waals surface area contributed by atoms with Gasteiger partial charge in [0, 0.05) is 32.1 Å². The summed E-state index contributed by atoms with van der Waals surface area (Å²) < 4.78 is 5.69. The van der Waals surface area contributed by atoms with Crippen LogP contribution in [0.4, 0.5) is 5.69 Å². The van der Waals surface area contributed by atoms with Crippen LogP contribution in [0, 0.1) is 0 Å². The second-order valence-electron chi connectivity index (χ2n) is 4.16. The topological polar surface area (TPSA) is 50.4 Å². The Bertz CT molecular complexity index is 393. The Kier molecular flexibility index (Phi) is 3.98. The number of hydrogen-bond donors (Lipinski definition) is 2. The van der Waals surface area contributed by atoms with Gasteiger partial charge in [-0.05, 0) is 11.6 Å². The maximum atomic E-state index is 11.0. The molecule has 4 nitrogen and oxygen atoms in total. The predicted octanol–water partition coefficient (Wildman–Crippen LogP) is 1.18. The minimum absolute atomic E-state index is 0.0224. The van der Waals surface area contributed by atoms with Crippen molar-refractivity contribution in [2.24, 2.45) is 0 Å². The smallest absolute Gasteiger partial charge is 0.222 e. The molecule has 0 radical (unpaired) electrons. The quantitative estimate of drug-likeness (QED) is 0.822. The zero-order chi connectivity index (χ0) is 12.1. The maximum Gasteiger partial charge on any atom is 0.222 e. The molecular formula is C13H18N2O2. The summed E-state index contributed by atoms with van der Waals surface area (Å²) in [4.78, 5) is 11.0. The molecule has 0 fully saturated rings. The minimum Gasteiger partial charge on any atom is -0.382 e. The first-order valence-electron chi connectivity index (χ1n) is 5.93. The standard InChI is InChI=1S/C13H18N2O2/c1-14-13(16)6-7-17-11-8-10-4-2-3-5-12(10)15-9-11/h2-5,11,15H,6-9H2,1H3,(H,14,16). The molecule has 1 atom stereocenters. The molecule has 1 unspecified atom stereocenters. The lowest BCUT2D eigenvalue weighted by Gasteiger charge is -2.26. The molecule has 1 aromatic rings. The first-order chi connectivity index (χ1) is 8.29. The Hall–Kier alpha value is -1.55. The van der Waals surface area contributed by atoms with Gasteiger partial charge in [0.25, 0.3) is 0 Å². The van der Waals surface area contributed by atoms with Gasteiger partial charge in [-0.15, -0.1) is 0 Å². The van der Waals surface area contributed by atoms with E-state index in [9.17, 15) is 4.79 Å². The van der Waals surface area contributed by atoms with Gasteiger partial charge in [0.05, 0.1) is 12.7 Å². The number of hydrogen-bond acceptors (Lipinski definition) is 3. The number of nitrogens with one attached hydrogen (secondary N) is 2. The number of rotatable bonds is 4. The molecule has 4 heteroatoms. The second kappa shape index (κ2) is 5.68. The van der Waals surface area contributed by atoms with Crippen LogP contribution in [0.1, 0.15) is 12.0 Å². The molecule has 1 aliphatic heterocycles. The summed E-state index contributed by atoms with van der Waals surface area (Å²) in [6, 6.07) is 8.25. The Morgan fingerprint density at radius 3 is 3.18 bits per heavy atom. The first-order valence-corrected chi connectivity index (χ1v) is 5.93. The molecule has 0 spiro atoms. The van der Waals surface area contributed by atoms with Crippen LogP contribution in [0.3, 0.4) is 0 Å². The van der Waals surface area contributed by atoms with Crippen LogP contribution in [-0.2, 0) is 16.0 Å². The fraction of sp³-hybridized carbons (Fsp3) is 0.462. The van der Waals surface area contributed by atoms with E-state index in [0.29, 0.717) is 13.0 Å². The molecule has 1 aliphatic rings. The van der Waals surface area contributed by atoms with Gasteiger partial charge >= 0.3 is 0 Å². The molecule has 2 rings (SSSR count). The van der Waals surface area contributed by atoms with E-state index in [-0.39, 0.29) is 12.0 Å². The molecule has 0 saturated heterocycles. The zero-order valence-electron chi connectivity index (χ0n) is 10.0. The number of carbonyl (C=O) groups is 1. The molecule has 1 heterocycles. The third-order valence-electron chi connectivity index (χ3n) is 2.95. The van der Waals surface area contributed by atoms with Crippen LogP contribution in [0.5, 0.6) is 0 Å². The molecular weight excluding hydrogens is 216 g/mol. The lowest BCUT2D eigenvalue weighted by atomic mass is 10.0. The molecule has 92 valence electrons. The summed E-state index contributed by atoms with van der Waals surface area (Å²) in [5, 5.41) is 5.92. The Morgan fingerprint density at radius 2 is 2.35 bits per heavy atom. The van der Waals surface area contributed by atoms with Crippen molar-refractivity contribution in [3.05, 3.63) is 29.8 Å². The SMILES string of the molecule is CNC(=O)CCOC1CNc2ccccc2C1. The Labute approximate surface area is 101 Å². The Morgan fingerprint density at radius 1 is 1.53 bits per heavy atom. The fourth-order valence-corrected chi connectivity index (χ4v) is 1.97. The molecule has 1 amide bonds. The van der Waals surface area contributed by atoms with Gasteiger partial charge in [0.15, 0.2) is 0 Å². The summed E-state index contributed by atoms with van der Waals surface area (Å²) in [6.45, 7) is 1.29. The van der Waals surface area contributed by atoms with Crippen LogP contribution in [0.25, 0.3) is 0 Å². The lowest BCUT2D eigenvalue weighted by molar-refractivity contribution is -0.122. The first kappa shape index (κ1) is 11.9. The van der Waals surface area contributed by atoms with Gasteiger partial charge in [-0.2, -0.15) is 0 Å². The number of para-hydroxylation sites is 1. The fourth-order valence-electron chi connectivity index (χ4n) is 1.97. The van der Waals surface area contributed by atoms with Crippen LogP contribution in [0.15, 0.2) is 24.3 Å². The van der Waals surface area contributed by atoms with Gasteiger partial charge in [-0.3, -0.25) is 4.79 Å². The van der Waals surface area contributed by atoms with Crippen molar-refractivity contribution in [3.8, 4) is 0 Å². The monoisotopic (exact) mass is 234 g/mol. The number of ether oxygens (including phenoxy) is 1. The highest BCUT2D eigenvalue weighted by Gasteiger charge is 2.18. The highest BCUT2D eigenvalue weighted by Crippen LogP contribution is 2.22. The van der Waals surface area contributed by atoms with Gasteiger partial charge < -0.3 is 15.4 Å². The highest BCUT2D eigenvalue weighted by atomic mass is 16.5. The summed E-state index contributed by atoms with van der Waals surface area (Å²) >= 11 is 0. The third-order valence-corrected chi connectivity index (χ3v) is 2.95. The minimum atomic E-state index is 0.0224. The third kappa shape index (κ3) is 3.20. The normalized spacial score (nSPS) is 18.1. The zero-order valence-corrected chi connectivity index (χ0v) is 10.0. The van der Waals surface area contributed by atoms with Crippen LogP contribution in [0.2, 0.25) is 0 Å². The van der Waals surface area contributed by atoms with E-state index in [1.165, 1.54) is 11.3 Å². The van der Waals surface area contributed by atoms with E-state index in [4.69, 9.17) is 4.74 Å². The molecule has 0 saturated carbocycles. The summed E-state index contributed by atoms with van der Waals surface area (Å²) in [5.74, 6) is 0.0224. The van der Waals surface area contributed by atoms with E-state index >= 15 is 0 Å². The molecule has 0 aromatic heterocycles. The number of benzene rings is 1. The van der Waals surface area contributed by atoms with Gasteiger partial charge in [-0.1, -0.05) is 18.2 Å². The number of carbonyl (C=O) groups excluding carboxylic acids is 1. The summed E-state index contributed by atoms with van der Waals surface area (Å²) in [5.41, 5.74) is 2.47. The average Bonchev–Trinajstić information content (AvgIpc) is 2.38. The van der Waals surface area contributed by atoms with Gasteiger partial charge in [0.1, 0.15) is 0 Å². The maximum absolute atomic E-state index is 11.0. The van der Waals surface area contributed by atoms with Crippen LogP contribution < -0.4 is 10.6 Å². The van der Waals surface area contributed by atoms with Crippen molar-refractivity contribution in [1.29, 1.82) is 0 Å². The van der Waals surface area contributed by atoms with Crippen molar-refractivity contribution in [3.63, 3.8) is 0 Å². The molecule has 2 N–H and O–H groups in total. The second-order valence-corrected chi connectivity index (χ2v) is 4.16. The van der Waals surface area contributed by atoms with E-state index in [1.54, 1.807) is 7.05 Å². The van der Waals surface area contributed by atoms with Crippen molar-refractivity contribution < 1.29 is 9.53 Å². The van der Waals surface area contributed by atoms with E-state index in [0.717, 1.165) is 13.0 Å². The Balaban J connectivity index is 1.80. The van der Waals surface area contributed by atoms with E-state index in [1.807, 2.05) is 12.1 Å². The number of amides is 1. The van der Waals surface area contributed by atoms with Crippen molar-refractivity contribution >= 4 is 11.6 Å². The van der Waals surface area contributed by atoms with Crippen LogP contribution in [-0.4, -0.2) is 32.2 Å². The lowest BCUT2D eigenvalue weighted by Crippen LogP contribution is -2.31. The molecule has 17 heavy (non-hydrogen) atoms. The van der Waals surface area contributed by atoms with E-state index < -0.39 is 0 Å². The summed E-state index contributed by atoms with van der Waals surface area (Å²) in [6.07, 6.45) is 1.50. The number of fused-ring (bicyclic) bond motifs is 1. The van der Waals surface area contributed by atoms with E-state index in [2.05, 4.69) is 22.8 Å².